The average Bonchev–Trinajstić information content (AvgIpc) is 2.84. The van der Waals surface area contributed by atoms with Crippen LogP contribution in [-0.2, 0) is 0 Å². The molecule has 0 atom stereocenters. The SMILES string of the molecule is NNc1cn2ccnc2c(NCCCCC(F)(F)F)n1. The van der Waals surface area contributed by atoms with Crippen molar-refractivity contribution in [2.75, 3.05) is 17.3 Å². The maximum atomic E-state index is 12.0. The molecule has 0 bridgehead atoms. The van der Waals surface area contributed by atoms with Gasteiger partial charge in [-0.25, -0.2) is 15.8 Å². The largest absolute Gasteiger partial charge is 0.389 e. The van der Waals surface area contributed by atoms with Gasteiger partial charge in [-0.05, 0) is 12.8 Å². The zero-order chi connectivity index (χ0) is 14.6. The smallest absolute Gasteiger partial charge is 0.367 e. The molecule has 0 amide bonds. The Kier molecular flexibility index (Phi) is 4.28. The molecule has 110 valence electrons. The van der Waals surface area contributed by atoms with Gasteiger partial charge in [0.1, 0.15) is 0 Å². The number of unbranched alkanes of at least 4 members (excludes halogenated alkanes) is 1. The van der Waals surface area contributed by atoms with Crippen LogP contribution in [0.4, 0.5) is 24.8 Å². The Morgan fingerprint density at radius 3 is 2.80 bits per heavy atom. The Hall–Kier alpha value is -2.03. The van der Waals surface area contributed by atoms with Crippen molar-refractivity contribution in [3.63, 3.8) is 0 Å². The summed E-state index contributed by atoms with van der Waals surface area (Å²) in [5, 5.41) is 2.98. The second-order valence-corrected chi connectivity index (χ2v) is 4.28. The van der Waals surface area contributed by atoms with E-state index in [4.69, 9.17) is 5.84 Å². The van der Waals surface area contributed by atoms with E-state index in [9.17, 15) is 13.2 Å². The van der Waals surface area contributed by atoms with Crippen molar-refractivity contribution in [1.29, 1.82) is 0 Å². The molecule has 0 aliphatic heterocycles. The molecule has 0 saturated heterocycles. The number of hydrogen-bond donors (Lipinski definition) is 3. The summed E-state index contributed by atoms with van der Waals surface area (Å²) in [5.74, 6) is 6.23. The number of nitrogens with two attached hydrogens (primary N) is 1. The summed E-state index contributed by atoms with van der Waals surface area (Å²) >= 11 is 0. The number of halogens is 3. The van der Waals surface area contributed by atoms with Crippen molar-refractivity contribution in [2.24, 2.45) is 5.84 Å². The normalized spacial score (nSPS) is 11.8. The highest BCUT2D eigenvalue weighted by molar-refractivity contribution is 5.65. The Morgan fingerprint density at radius 2 is 2.10 bits per heavy atom. The molecular weight excluding hydrogens is 273 g/mol. The van der Waals surface area contributed by atoms with E-state index < -0.39 is 12.6 Å². The molecule has 0 fully saturated rings. The second-order valence-electron chi connectivity index (χ2n) is 4.28. The second kappa shape index (κ2) is 5.95. The summed E-state index contributed by atoms with van der Waals surface area (Å²) in [4.78, 5) is 8.31. The Balaban J connectivity index is 1.94. The predicted molar refractivity (Wildman–Crippen MR) is 69.2 cm³/mol. The van der Waals surface area contributed by atoms with Gasteiger partial charge in [0.05, 0.1) is 6.20 Å². The third-order valence-electron chi connectivity index (χ3n) is 2.70. The van der Waals surface area contributed by atoms with Gasteiger partial charge < -0.3 is 15.1 Å². The summed E-state index contributed by atoms with van der Waals surface area (Å²) < 4.78 is 37.7. The van der Waals surface area contributed by atoms with Crippen LogP contribution in [0.2, 0.25) is 0 Å². The van der Waals surface area contributed by atoms with Crippen LogP contribution in [0.1, 0.15) is 19.3 Å². The molecule has 2 heterocycles. The molecule has 2 aromatic rings. The number of aromatic nitrogens is 3. The van der Waals surface area contributed by atoms with Gasteiger partial charge in [-0.3, -0.25) is 0 Å². The van der Waals surface area contributed by atoms with E-state index >= 15 is 0 Å². The van der Waals surface area contributed by atoms with Crippen LogP contribution >= 0.6 is 0 Å². The number of rotatable bonds is 6. The third kappa shape index (κ3) is 3.73. The highest BCUT2D eigenvalue weighted by atomic mass is 19.4. The lowest BCUT2D eigenvalue weighted by Crippen LogP contribution is -2.13. The van der Waals surface area contributed by atoms with Gasteiger partial charge in [0.25, 0.3) is 0 Å². The number of nitrogens with one attached hydrogen (secondary N) is 2. The van der Waals surface area contributed by atoms with Crippen molar-refractivity contribution in [3.8, 4) is 0 Å². The minimum Gasteiger partial charge on any atom is -0.367 e. The fourth-order valence-corrected chi connectivity index (χ4v) is 1.78. The molecule has 0 saturated carbocycles. The molecule has 0 aromatic carbocycles. The van der Waals surface area contributed by atoms with E-state index in [-0.39, 0.29) is 6.42 Å². The van der Waals surface area contributed by atoms with Gasteiger partial charge in [0.2, 0.25) is 0 Å². The molecule has 4 N–H and O–H groups in total. The number of hydrogen-bond acceptors (Lipinski definition) is 5. The topological polar surface area (TPSA) is 80.3 Å². The summed E-state index contributed by atoms with van der Waals surface area (Å²) in [7, 11) is 0. The van der Waals surface area contributed by atoms with Gasteiger partial charge in [0, 0.05) is 25.4 Å². The summed E-state index contributed by atoms with van der Waals surface area (Å²) in [6.45, 7) is 0.389. The van der Waals surface area contributed by atoms with E-state index in [0.717, 1.165) is 0 Å². The van der Waals surface area contributed by atoms with Crippen LogP contribution < -0.4 is 16.6 Å². The number of hydrazine groups is 1. The Labute approximate surface area is 113 Å². The first-order valence-electron chi connectivity index (χ1n) is 6.10. The van der Waals surface area contributed by atoms with Crippen molar-refractivity contribution in [2.45, 2.75) is 25.4 Å². The highest BCUT2D eigenvalue weighted by Crippen LogP contribution is 2.22. The van der Waals surface area contributed by atoms with Crippen molar-refractivity contribution in [1.82, 2.24) is 14.4 Å². The first-order valence-corrected chi connectivity index (χ1v) is 6.10. The number of anilines is 2. The first-order chi connectivity index (χ1) is 9.49. The minimum absolute atomic E-state index is 0.0794. The lowest BCUT2D eigenvalue weighted by molar-refractivity contribution is -0.135. The van der Waals surface area contributed by atoms with Crippen molar-refractivity contribution >= 4 is 17.3 Å². The number of imidazole rings is 1. The monoisotopic (exact) mass is 288 g/mol. The zero-order valence-corrected chi connectivity index (χ0v) is 10.6. The van der Waals surface area contributed by atoms with Gasteiger partial charge in [0.15, 0.2) is 17.3 Å². The quantitative estimate of drug-likeness (QED) is 0.431. The molecule has 2 aromatic heterocycles. The van der Waals surface area contributed by atoms with Gasteiger partial charge in [-0.2, -0.15) is 13.2 Å². The van der Waals surface area contributed by atoms with Crippen LogP contribution in [0.3, 0.4) is 0 Å². The van der Waals surface area contributed by atoms with Gasteiger partial charge >= 0.3 is 6.18 Å². The van der Waals surface area contributed by atoms with E-state index in [0.29, 0.717) is 30.2 Å². The highest BCUT2D eigenvalue weighted by Gasteiger charge is 2.25. The predicted octanol–water partition coefficient (Wildman–Crippen LogP) is 2.16. The van der Waals surface area contributed by atoms with E-state index in [1.165, 1.54) is 0 Å². The molecular formula is C11H15F3N6. The van der Waals surface area contributed by atoms with Crippen LogP contribution in [0.5, 0.6) is 0 Å². The number of fused-ring (bicyclic) bond motifs is 1. The zero-order valence-electron chi connectivity index (χ0n) is 10.6. The van der Waals surface area contributed by atoms with Gasteiger partial charge in [-0.1, -0.05) is 0 Å². The molecule has 0 aliphatic carbocycles. The van der Waals surface area contributed by atoms with Crippen molar-refractivity contribution in [3.05, 3.63) is 18.6 Å². The summed E-state index contributed by atoms with van der Waals surface area (Å²) in [6, 6.07) is 0. The number of nitrogens with zero attached hydrogens (tertiary/aromatic N) is 3. The Bertz CT molecular complexity index is 565. The average molecular weight is 288 g/mol. The summed E-state index contributed by atoms with van der Waals surface area (Å²) in [5.41, 5.74) is 3.02. The molecule has 0 aliphatic rings. The lowest BCUT2D eigenvalue weighted by Gasteiger charge is -2.10. The van der Waals surface area contributed by atoms with E-state index in [2.05, 4.69) is 20.7 Å². The molecule has 0 spiro atoms. The fraction of sp³-hybridized carbons (Fsp3) is 0.455. The first kappa shape index (κ1) is 14.4. The molecule has 20 heavy (non-hydrogen) atoms. The lowest BCUT2D eigenvalue weighted by atomic mass is 10.2. The third-order valence-corrected chi connectivity index (χ3v) is 2.70. The fourth-order valence-electron chi connectivity index (χ4n) is 1.78. The Morgan fingerprint density at radius 1 is 1.30 bits per heavy atom. The maximum Gasteiger partial charge on any atom is 0.389 e. The van der Waals surface area contributed by atoms with E-state index in [1.807, 2.05) is 0 Å². The van der Waals surface area contributed by atoms with Crippen molar-refractivity contribution < 1.29 is 13.2 Å². The molecule has 9 heteroatoms. The van der Waals surface area contributed by atoms with E-state index in [1.54, 1.807) is 23.0 Å². The standard InChI is InChI=1S/C11H15F3N6/c12-11(13,14)3-1-2-4-16-9-10-17-5-6-20(10)7-8(18-9)19-15/h5-7,19H,1-4,15H2,(H,16,18). The summed E-state index contributed by atoms with van der Waals surface area (Å²) in [6.07, 6.45) is 0.601. The number of nitrogen functional groups attached to an aromatic ring is 1. The number of alkyl halides is 3. The van der Waals surface area contributed by atoms with Crippen LogP contribution in [0, 0.1) is 0 Å². The van der Waals surface area contributed by atoms with Crippen LogP contribution in [-0.4, -0.2) is 27.1 Å². The van der Waals surface area contributed by atoms with Crippen LogP contribution in [0.15, 0.2) is 18.6 Å². The van der Waals surface area contributed by atoms with Gasteiger partial charge in [-0.15, -0.1) is 0 Å². The molecule has 0 unspecified atom stereocenters. The maximum absolute atomic E-state index is 12.0. The molecule has 2 rings (SSSR count). The van der Waals surface area contributed by atoms with Crippen LogP contribution in [0.25, 0.3) is 5.65 Å². The molecule has 0 radical (unpaired) electrons. The molecule has 6 nitrogen and oxygen atoms in total. The minimum atomic E-state index is -4.10.